The number of benzene rings is 2. The Morgan fingerprint density at radius 1 is 1.26 bits per heavy atom. The van der Waals surface area contributed by atoms with Crippen LogP contribution < -0.4 is 5.73 Å². The Hall–Kier alpha value is -0.970. The predicted octanol–water partition coefficient (Wildman–Crippen LogP) is 4.68. The zero-order valence-corrected chi connectivity index (χ0v) is 13.1. The van der Waals surface area contributed by atoms with Gasteiger partial charge in [0.25, 0.3) is 0 Å². The van der Waals surface area contributed by atoms with Gasteiger partial charge in [0.15, 0.2) is 0 Å². The van der Waals surface area contributed by atoms with E-state index in [2.05, 4.69) is 28.1 Å². The summed E-state index contributed by atoms with van der Waals surface area (Å²) in [7, 11) is 0. The first kappa shape index (κ1) is 14.4. The van der Waals surface area contributed by atoms with Crippen LogP contribution >= 0.6 is 39.3 Å². The molecule has 2 aromatic rings. The first-order valence-electron chi connectivity index (χ1n) is 5.57. The second kappa shape index (κ2) is 6.46. The zero-order valence-electron chi connectivity index (χ0n) is 9.99. The summed E-state index contributed by atoms with van der Waals surface area (Å²) in [5.41, 5.74) is 7.12. The number of nitrogen functional groups attached to an aromatic ring is 1. The molecule has 0 atom stereocenters. The van der Waals surface area contributed by atoms with Gasteiger partial charge in [0.2, 0.25) is 0 Å². The Bertz CT molecular complexity index is 616. The van der Waals surface area contributed by atoms with E-state index in [1.165, 1.54) is 4.90 Å². The zero-order chi connectivity index (χ0) is 13.8. The summed E-state index contributed by atoms with van der Waals surface area (Å²) in [6, 6.07) is 13.6. The average molecular weight is 356 g/mol. The van der Waals surface area contributed by atoms with Gasteiger partial charge in [-0.1, -0.05) is 45.7 Å². The van der Waals surface area contributed by atoms with Gasteiger partial charge in [0.05, 0.1) is 0 Å². The first-order valence-corrected chi connectivity index (χ1v) is 7.73. The Morgan fingerprint density at radius 3 is 2.68 bits per heavy atom. The Morgan fingerprint density at radius 2 is 2.05 bits per heavy atom. The van der Waals surface area contributed by atoms with Crippen molar-refractivity contribution >= 4 is 45.1 Å². The van der Waals surface area contributed by atoms with Crippen molar-refractivity contribution in [3.8, 4) is 0 Å². The number of nitrogens with one attached hydrogen (secondary N) is 1. The summed E-state index contributed by atoms with van der Waals surface area (Å²) in [5.74, 6) is 0.820. The number of rotatable bonds is 4. The van der Waals surface area contributed by atoms with E-state index in [0.717, 1.165) is 15.8 Å². The maximum absolute atomic E-state index is 7.37. The maximum atomic E-state index is 7.37. The molecule has 0 saturated heterocycles. The van der Waals surface area contributed by atoms with Crippen molar-refractivity contribution in [3.63, 3.8) is 0 Å². The van der Waals surface area contributed by atoms with Gasteiger partial charge >= 0.3 is 0 Å². The third-order valence-electron chi connectivity index (χ3n) is 2.55. The molecule has 0 fully saturated rings. The summed E-state index contributed by atoms with van der Waals surface area (Å²) in [5, 5.41) is 8.02. The third-order valence-corrected chi connectivity index (χ3v) is 4.44. The van der Waals surface area contributed by atoms with Crippen LogP contribution in [-0.2, 0) is 5.75 Å². The highest BCUT2D eigenvalue weighted by Crippen LogP contribution is 2.28. The SMILES string of the molecule is N=C(N)c1ccc(CSc2cccc(Br)c2)c(Cl)c1. The lowest BCUT2D eigenvalue weighted by Gasteiger charge is -2.07. The molecule has 0 amide bonds. The van der Waals surface area contributed by atoms with E-state index in [-0.39, 0.29) is 5.84 Å². The maximum Gasteiger partial charge on any atom is 0.122 e. The largest absolute Gasteiger partial charge is 0.384 e. The molecule has 0 aliphatic rings. The highest BCUT2D eigenvalue weighted by atomic mass is 79.9. The number of thioether (sulfide) groups is 1. The Labute approximate surface area is 130 Å². The molecule has 0 aliphatic heterocycles. The van der Waals surface area contributed by atoms with Crippen LogP contribution in [0.15, 0.2) is 51.8 Å². The van der Waals surface area contributed by atoms with Crippen molar-refractivity contribution in [1.82, 2.24) is 0 Å². The summed E-state index contributed by atoms with van der Waals surface area (Å²) in [6.45, 7) is 0. The van der Waals surface area contributed by atoms with E-state index in [0.29, 0.717) is 10.6 Å². The van der Waals surface area contributed by atoms with Crippen LogP contribution in [0.5, 0.6) is 0 Å². The van der Waals surface area contributed by atoms with E-state index >= 15 is 0 Å². The number of hydrogen-bond donors (Lipinski definition) is 2. The normalized spacial score (nSPS) is 10.4. The van der Waals surface area contributed by atoms with Gasteiger partial charge in [0.1, 0.15) is 5.84 Å². The molecular weight excluding hydrogens is 344 g/mol. The van der Waals surface area contributed by atoms with Gasteiger partial charge in [-0.15, -0.1) is 11.8 Å². The van der Waals surface area contributed by atoms with Crippen molar-refractivity contribution < 1.29 is 0 Å². The van der Waals surface area contributed by atoms with Gasteiger partial charge in [-0.2, -0.15) is 0 Å². The molecular formula is C14H12BrClN2S. The summed E-state index contributed by atoms with van der Waals surface area (Å²) >= 11 is 11.4. The highest BCUT2D eigenvalue weighted by molar-refractivity contribution is 9.10. The number of amidine groups is 1. The Kier molecular flexibility index (Phi) is 4.91. The lowest BCUT2D eigenvalue weighted by molar-refractivity contribution is 1.36. The van der Waals surface area contributed by atoms with Crippen LogP contribution in [0.1, 0.15) is 11.1 Å². The molecule has 0 saturated carbocycles. The van der Waals surface area contributed by atoms with Crippen LogP contribution in [0.25, 0.3) is 0 Å². The highest BCUT2D eigenvalue weighted by Gasteiger charge is 2.05. The smallest absolute Gasteiger partial charge is 0.122 e. The molecule has 0 aromatic heterocycles. The number of halogens is 2. The van der Waals surface area contributed by atoms with Crippen molar-refractivity contribution in [3.05, 3.63) is 63.1 Å². The van der Waals surface area contributed by atoms with Crippen LogP contribution in [0, 0.1) is 5.41 Å². The Balaban J connectivity index is 2.10. The van der Waals surface area contributed by atoms with Crippen molar-refractivity contribution in [2.45, 2.75) is 10.6 Å². The number of hydrogen-bond acceptors (Lipinski definition) is 2. The number of nitrogens with two attached hydrogens (primary N) is 1. The third kappa shape index (κ3) is 4.00. The minimum absolute atomic E-state index is 0.0353. The van der Waals surface area contributed by atoms with Crippen molar-refractivity contribution in [1.29, 1.82) is 5.41 Å². The standard InChI is InChI=1S/C14H12BrClN2S/c15-11-2-1-3-12(7-11)19-8-10-5-4-9(14(17)18)6-13(10)16/h1-7H,8H2,(H3,17,18). The molecule has 0 unspecified atom stereocenters. The predicted molar refractivity (Wildman–Crippen MR) is 86.2 cm³/mol. The van der Waals surface area contributed by atoms with Gasteiger partial charge < -0.3 is 5.73 Å². The topological polar surface area (TPSA) is 49.9 Å². The van der Waals surface area contributed by atoms with E-state index in [4.69, 9.17) is 22.7 Å². The minimum atomic E-state index is 0.0353. The summed E-state index contributed by atoms with van der Waals surface area (Å²) < 4.78 is 1.07. The van der Waals surface area contributed by atoms with Gasteiger partial charge in [-0.25, -0.2) is 0 Å². The van der Waals surface area contributed by atoms with Crippen LogP contribution in [0.2, 0.25) is 5.02 Å². The quantitative estimate of drug-likeness (QED) is 0.475. The molecule has 0 bridgehead atoms. The first-order chi connectivity index (χ1) is 9.06. The molecule has 0 aliphatic carbocycles. The van der Waals surface area contributed by atoms with Crippen molar-refractivity contribution in [2.24, 2.45) is 5.73 Å². The molecule has 2 nitrogen and oxygen atoms in total. The second-order valence-electron chi connectivity index (χ2n) is 3.97. The fourth-order valence-corrected chi connectivity index (χ4v) is 3.39. The molecule has 19 heavy (non-hydrogen) atoms. The fraction of sp³-hybridized carbons (Fsp3) is 0.0714. The van der Waals surface area contributed by atoms with E-state index in [9.17, 15) is 0 Å². The van der Waals surface area contributed by atoms with Gasteiger partial charge in [0, 0.05) is 25.7 Å². The molecule has 98 valence electrons. The lowest BCUT2D eigenvalue weighted by atomic mass is 10.1. The molecule has 0 heterocycles. The van der Waals surface area contributed by atoms with Gasteiger partial charge in [-0.3, -0.25) is 5.41 Å². The monoisotopic (exact) mass is 354 g/mol. The van der Waals surface area contributed by atoms with Crippen molar-refractivity contribution in [2.75, 3.05) is 0 Å². The van der Waals surface area contributed by atoms with Crippen LogP contribution in [0.3, 0.4) is 0 Å². The lowest BCUT2D eigenvalue weighted by Crippen LogP contribution is -2.10. The van der Waals surface area contributed by atoms with Crippen LogP contribution in [-0.4, -0.2) is 5.84 Å². The summed E-state index contributed by atoms with van der Waals surface area (Å²) in [6.07, 6.45) is 0. The second-order valence-corrected chi connectivity index (χ2v) is 6.34. The minimum Gasteiger partial charge on any atom is -0.384 e. The fourth-order valence-electron chi connectivity index (χ4n) is 1.55. The van der Waals surface area contributed by atoms with E-state index < -0.39 is 0 Å². The average Bonchev–Trinajstić information content (AvgIpc) is 2.37. The van der Waals surface area contributed by atoms with E-state index in [1.807, 2.05) is 24.3 Å². The molecule has 0 spiro atoms. The molecule has 3 N–H and O–H groups in total. The van der Waals surface area contributed by atoms with Crippen LogP contribution in [0.4, 0.5) is 0 Å². The molecule has 5 heteroatoms. The molecule has 2 aromatic carbocycles. The molecule has 2 rings (SSSR count). The van der Waals surface area contributed by atoms with Gasteiger partial charge in [-0.05, 0) is 29.8 Å². The van der Waals surface area contributed by atoms with E-state index in [1.54, 1.807) is 17.8 Å². The molecule has 0 radical (unpaired) electrons. The summed E-state index contributed by atoms with van der Waals surface area (Å²) in [4.78, 5) is 1.18.